The van der Waals surface area contributed by atoms with Crippen molar-refractivity contribution in [3.8, 4) is 22.8 Å². The number of carbonyl (C=O) groups is 2. The van der Waals surface area contributed by atoms with E-state index in [1.807, 2.05) is 30.8 Å². The Bertz CT molecular complexity index is 1260. The fraction of sp³-hybridized carbons (Fsp3) is 0.400. The molecule has 5 heterocycles. The third kappa shape index (κ3) is 4.74. The molecule has 1 N–H and O–H groups in total. The summed E-state index contributed by atoms with van der Waals surface area (Å²) in [5.41, 5.74) is 1.73. The van der Waals surface area contributed by atoms with Crippen molar-refractivity contribution in [1.82, 2.24) is 24.6 Å². The van der Waals surface area contributed by atoms with Crippen LogP contribution >= 0.6 is 0 Å². The number of aromatic nitrogens is 4. The third-order valence-corrected chi connectivity index (χ3v) is 6.44. The molecule has 1 unspecified atom stereocenters. The van der Waals surface area contributed by atoms with Gasteiger partial charge in [-0.15, -0.1) is 0 Å². The van der Waals surface area contributed by atoms with Crippen molar-refractivity contribution in [3.05, 3.63) is 48.5 Å². The van der Waals surface area contributed by atoms with Crippen LogP contribution in [0.25, 0.3) is 11.3 Å². The Hall–Kier alpha value is -3.79. The number of aryl methyl sites for hydroxylation is 1. The molecule has 35 heavy (non-hydrogen) atoms. The Morgan fingerprint density at radius 3 is 2.86 bits per heavy atom. The standard InChI is InChI=1S/C25H28N6O4/c1-16-21(4-5-22(28-16)29-24(33)30-10-8-25(2,3)23(30)32)35-19-6-9-26-20(12-19)17-13-27-31(14-17)18-7-11-34-15-18/h4-6,9,12-14,18H,7-8,10-11,15H2,1-3H3,(H,28,29,33). The van der Waals surface area contributed by atoms with Crippen LogP contribution in [0.2, 0.25) is 0 Å². The second kappa shape index (κ2) is 9.10. The molecule has 2 aliphatic rings. The van der Waals surface area contributed by atoms with E-state index in [9.17, 15) is 9.59 Å². The van der Waals surface area contributed by atoms with Gasteiger partial charge in [0.2, 0.25) is 5.91 Å². The average Bonchev–Trinajstić information content (AvgIpc) is 3.57. The number of amides is 3. The molecule has 5 rings (SSSR count). The number of carbonyl (C=O) groups excluding carboxylic acids is 2. The molecule has 10 nitrogen and oxygen atoms in total. The zero-order valence-electron chi connectivity index (χ0n) is 20.0. The first-order valence-electron chi connectivity index (χ1n) is 11.7. The number of likely N-dealkylation sites (tertiary alicyclic amines) is 1. The van der Waals surface area contributed by atoms with Crippen molar-refractivity contribution in [2.24, 2.45) is 5.41 Å². The highest BCUT2D eigenvalue weighted by Crippen LogP contribution is 2.32. The monoisotopic (exact) mass is 476 g/mol. The number of pyridine rings is 2. The molecule has 0 spiro atoms. The van der Waals surface area contributed by atoms with Gasteiger partial charge < -0.3 is 9.47 Å². The largest absolute Gasteiger partial charge is 0.455 e. The lowest BCUT2D eigenvalue weighted by Gasteiger charge is -2.18. The summed E-state index contributed by atoms with van der Waals surface area (Å²) in [5.74, 6) is 1.34. The summed E-state index contributed by atoms with van der Waals surface area (Å²) in [4.78, 5) is 35.1. The lowest BCUT2D eigenvalue weighted by molar-refractivity contribution is -0.131. The van der Waals surface area contributed by atoms with Gasteiger partial charge in [0.1, 0.15) is 17.3 Å². The molecule has 0 bridgehead atoms. The van der Waals surface area contributed by atoms with Crippen LogP contribution in [0.15, 0.2) is 42.9 Å². The zero-order valence-corrected chi connectivity index (χ0v) is 20.0. The number of ether oxygens (including phenoxy) is 2. The summed E-state index contributed by atoms with van der Waals surface area (Å²) in [6, 6.07) is 6.81. The van der Waals surface area contributed by atoms with Crippen LogP contribution in [0, 0.1) is 12.3 Å². The van der Waals surface area contributed by atoms with Crippen molar-refractivity contribution in [2.45, 2.75) is 39.7 Å². The van der Waals surface area contributed by atoms with Gasteiger partial charge in [-0.05, 0) is 38.0 Å². The normalized spacial score (nSPS) is 19.2. The van der Waals surface area contributed by atoms with Crippen molar-refractivity contribution in [2.75, 3.05) is 25.1 Å². The van der Waals surface area contributed by atoms with Gasteiger partial charge in [0.05, 0.1) is 30.2 Å². The summed E-state index contributed by atoms with van der Waals surface area (Å²) in [6.45, 7) is 7.32. The smallest absolute Gasteiger partial charge is 0.329 e. The maximum Gasteiger partial charge on any atom is 0.329 e. The van der Waals surface area contributed by atoms with Gasteiger partial charge in [-0.25, -0.2) is 9.78 Å². The molecule has 0 aliphatic carbocycles. The predicted molar refractivity (Wildman–Crippen MR) is 128 cm³/mol. The van der Waals surface area contributed by atoms with E-state index in [0.717, 1.165) is 24.3 Å². The maximum absolute atomic E-state index is 12.6. The van der Waals surface area contributed by atoms with Crippen molar-refractivity contribution in [1.29, 1.82) is 0 Å². The Morgan fingerprint density at radius 2 is 2.14 bits per heavy atom. The number of nitrogens with zero attached hydrogens (tertiary/aromatic N) is 5. The summed E-state index contributed by atoms with van der Waals surface area (Å²) in [7, 11) is 0. The summed E-state index contributed by atoms with van der Waals surface area (Å²) >= 11 is 0. The third-order valence-electron chi connectivity index (χ3n) is 6.44. The Kier molecular flexibility index (Phi) is 5.98. The first-order valence-corrected chi connectivity index (χ1v) is 11.7. The fourth-order valence-electron chi connectivity index (χ4n) is 4.22. The van der Waals surface area contributed by atoms with Gasteiger partial charge >= 0.3 is 6.03 Å². The van der Waals surface area contributed by atoms with Crippen LogP contribution in [-0.4, -0.2) is 56.3 Å². The molecule has 1 atom stereocenters. The minimum Gasteiger partial charge on any atom is -0.455 e. The maximum atomic E-state index is 12.6. The van der Waals surface area contributed by atoms with E-state index < -0.39 is 11.4 Å². The minimum absolute atomic E-state index is 0.178. The summed E-state index contributed by atoms with van der Waals surface area (Å²) < 4.78 is 13.4. The quantitative estimate of drug-likeness (QED) is 0.588. The van der Waals surface area contributed by atoms with Crippen molar-refractivity contribution >= 4 is 17.8 Å². The highest BCUT2D eigenvalue weighted by atomic mass is 16.5. The lowest BCUT2D eigenvalue weighted by Crippen LogP contribution is -2.39. The number of anilines is 1. The summed E-state index contributed by atoms with van der Waals surface area (Å²) in [6.07, 6.45) is 7.05. The number of imide groups is 1. The Balaban J connectivity index is 1.26. The first kappa shape index (κ1) is 23.0. The van der Waals surface area contributed by atoms with Crippen LogP contribution in [0.4, 0.5) is 10.6 Å². The molecule has 3 aromatic heterocycles. The number of hydrogen-bond acceptors (Lipinski definition) is 7. The highest BCUT2D eigenvalue weighted by Gasteiger charge is 2.41. The predicted octanol–water partition coefficient (Wildman–Crippen LogP) is 4.19. The van der Waals surface area contributed by atoms with Gasteiger partial charge in [-0.2, -0.15) is 5.10 Å². The van der Waals surface area contributed by atoms with E-state index in [2.05, 4.69) is 20.4 Å². The second-order valence-electron chi connectivity index (χ2n) is 9.51. The number of nitrogens with one attached hydrogen (secondary N) is 1. The van der Waals surface area contributed by atoms with E-state index in [1.165, 1.54) is 4.90 Å². The number of hydrogen-bond donors (Lipinski definition) is 1. The van der Waals surface area contributed by atoms with Crippen LogP contribution in [0.3, 0.4) is 0 Å². The molecule has 3 aromatic rings. The molecule has 0 aromatic carbocycles. The SMILES string of the molecule is Cc1nc(NC(=O)N2CCC(C)(C)C2=O)ccc1Oc1ccnc(-c2cnn(C3CCOC3)c2)c1. The molecule has 10 heteroatoms. The van der Waals surface area contributed by atoms with E-state index in [0.29, 0.717) is 42.6 Å². The lowest BCUT2D eigenvalue weighted by atomic mass is 9.92. The van der Waals surface area contributed by atoms with Gasteiger partial charge in [-0.1, -0.05) is 13.8 Å². The van der Waals surface area contributed by atoms with Crippen LogP contribution in [0.1, 0.15) is 38.4 Å². The van der Waals surface area contributed by atoms with Crippen LogP contribution in [0.5, 0.6) is 11.5 Å². The molecular formula is C25H28N6O4. The topological polar surface area (TPSA) is 111 Å². The number of urea groups is 1. The molecule has 182 valence electrons. The van der Waals surface area contributed by atoms with E-state index >= 15 is 0 Å². The molecular weight excluding hydrogens is 448 g/mol. The molecule has 2 saturated heterocycles. The minimum atomic E-state index is -0.522. The van der Waals surface area contributed by atoms with Crippen LogP contribution in [-0.2, 0) is 9.53 Å². The Labute approximate surface area is 203 Å². The van der Waals surface area contributed by atoms with E-state index in [1.54, 1.807) is 37.5 Å². The fourth-order valence-corrected chi connectivity index (χ4v) is 4.22. The first-order chi connectivity index (χ1) is 16.8. The molecule has 0 saturated carbocycles. The van der Waals surface area contributed by atoms with Gasteiger partial charge in [0.15, 0.2) is 0 Å². The Morgan fingerprint density at radius 1 is 1.29 bits per heavy atom. The molecule has 3 amide bonds. The zero-order chi connectivity index (χ0) is 24.6. The number of rotatable bonds is 5. The van der Waals surface area contributed by atoms with Gasteiger partial charge in [0, 0.05) is 42.6 Å². The van der Waals surface area contributed by atoms with Crippen molar-refractivity contribution in [3.63, 3.8) is 0 Å². The van der Waals surface area contributed by atoms with E-state index in [-0.39, 0.29) is 11.9 Å². The van der Waals surface area contributed by atoms with Crippen molar-refractivity contribution < 1.29 is 19.1 Å². The molecule has 2 aliphatic heterocycles. The van der Waals surface area contributed by atoms with Gasteiger partial charge in [0.25, 0.3) is 0 Å². The highest BCUT2D eigenvalue weighted by molar-refractivity contribution is 6.03. The molecule has 0 radical (unpaired) electrons. The second-order valence-corrected chi connectivity index (χ2v) is 9.51. The van der Waals surface area contributed by atoms with Gasteiger partial charge in [-0.3, -0.25) is 24.7 Å². The van der Waals surface area contributed by atoms with Crippen LogP contribution < -0.4 is 10.1 Å². The average molecular weight is 477 g/mol. The van der Waals surface area contributed by atoms with E-state index in [4.69, 9.17) is 9.47 Å². The molecule has 2 fully saturated rings. The summed E-state index contributed by atoms with van der Waals surface area (Å²) in [5, 5.41) is 7.17.